The molecule has 2 aromatic rings. The number of hydrogen-bond acceptors (Lipinski definition) is 2. The Hall–Kier alpha value is -1.57. The zero-order chi connectivity index (χ0) is 9.26. The summed E-state index contributed by atoms with van der Waals surface area (Å²) in [6.45, 7) is 2.00. The van der Waals surface area contributed by atoms with Crippen LogP contribution >= 0.6 is 0 Å². The first kappa shape index (κ1) is 8.05. The van der Waals surface area contributed by atoms with Crippen LogP contribution in [0, 0.1) is 6.92 Å². The van der Waals surface area contributed by atoms with Crippen molar-refractivity contribution >= 4 is 17.3 Å². The lowest BCUT2D eigenvalue weighted by Gasteiger charge is -1.91. The second-order valence-electron chi connectivity index (χ2n) is 3.08. The zero-order valence-corrected chi connectivity index (χ0v) is 7.41. The molecule has 2 rings (SSSR count). The van der Waals surface area contributed by atoms with Gasteiger partial charge < -0.3 is 9.21 Å². The van der Waals surface area contributed by atoms with E-state index in [0.717, 1.165) is 28.6 Å². The first-order valence-corrected chi connectivity index (χ1v) is 4.23. The molecule has 0 aliphatic heterocycles. The van der Waals surface area contributed by atoms with E-state index in [1.807, 2.05) is 31.2 Å². The maximum absolute atomic E-state index is 10.3. The van der Waals surface area contributed by atoms with E-state index < -0.39 is 0 Å². The molecule has 0 radical (unpaired) electrons. The summed E-state index contributed by atoms with van der Waals surface area (Å²) in [7, 11) is 0. The first-order valence-electron chi connectivity index (χ1n) is 4.23. The highest BCUT2D eigenvalue weighted by atomic mass is 16.3. The zero-order valence-electron chi connectivity index (χ0n) is 7.41. The van der Waals surface area contributed by atoms with Crippen LogP contribution in [0.3, 0.4) is 0 Å². The van der Waals surface area contributed by atoms with Gasteiger partial charge in [0, 0.05) is 5.39 Å². The standard InChI is InChI=1S/C11H10O2/c1-8-3-2-4-9-7-10(5-6-12)13-11(8)9/h2-4,6-7H,5H2,1H3. The number of benzene rings is 1. The highest BCUT2D eigenvalue weighted by Gasteiger charge is 2.04. The van der Waals surface area contributed by atoms with Gasteiger partial charge in [-0.05, 0) is 18.6 Å². The van der Waals surface area contributed by atoms with Crippen LogP contribution in [0.1, 0.15) is 11.3 Å². The number of furan rings is 1. The van der Waals surface area contributed by atoms with Gasteiger partial charge in [-0.25, -0.2) is 0 Å². The Morgan fingerprint density at radius 2 is 2.31 bits per heavy atom. The summed E-state index contributed by atoms with van der Waals surface area (Å²) in [5, 5.41) is 1.07. The van der Waals surface area contributed by atoms with Crippen molar-refractivity contribution in [3.05, 3.63) is 35.6 Å². The van der Waals surface area contributed by atoms with Crippen LogP contribution in [0.5, 0.6) is 0 Å². The number of rotatable bonds is 2. The first-order chi connectivity index (χ1) is 6.31. The Kier molecular flexibility index (Phi) is 1.89. The van der Waals surface area contributed by atoms with E-state index >= 15 is 0 Å². The number of carbonyl (C=O) groups is 1. The summed E-state index contributed by atoms with van der Waals surface area (Å²) < 4.78 is 5.51. The monoisotopic (exact) mass is 174 g/mol. The van der Waals surface area contributed by atoms with Gasteiger partial charge >= 0.3 is 0 Å². The van der Waals surface area contributed by atoms with E-state index in [4.69, 9.17) is 4.42 Å². The largest absolute Gasteiger partial charge is 0.460 e. The van der Waals surface area contributed by atoms with Gasteiger partial charge in [0.25, 0.3) is 0 Å². The third kappa shape index (κ3) is 1.35. The molecule has 1 aromatic carbocycles. The Balaban J connectivity index is 2.61. The fraction of sp³-hybridized carbons (Fsp3) is 0.182. The molecular weight excluding hydrogens is 164 g/mol. The number of hydrogen-bond donors (Lipinski definition) is 0. The van der Waals surface area contributed by atoms with Gasteiger partial charge in [0.2, 0.25) is 0 Å². The van der Waals surface area contributed by atoms with Crippen molar-refractivity contribution in [2.45, 2.75) is 13.3 Å². The van der Waals surface area contributed by atoms with E-state index in [-0.39, 0.29) is 0 Å². The molecule has 2 heteroatoms. The molecule has 66 valence electrons. The molecule has 1 aromatic heterocycles. The van der Waals surface area contributed by atoms with Crippen LogP contribution in [0.4, 0.5) is 0 Å². The molecule has 0 spiro atoms. The molecular formula is C11H10O2. The van der Waals surface area contributed by atoms with E-state index in [1.54, 1.807) is 0 Å². The predicted octanol–water partition coefficient (Wildman–Crippen LogP) is 2.48. The van der Waals surface area contributed by atoms with Gasteiger partial charge in [0.15, 0.2) is 0 Å². The van der Waals surface area contributed by atoms with Gasteiger partial charge in [0.05, 0.1) is 6.42 Å². The molecule has 0 fully saturated rings. The molecule has 2 nitrogen and oxygen atoms in total. The van der Waals surface area contributed by atoms with Crippen molar-refractivity contribution in [2.75, 3.05) is 0 Å². The minimum absolute atomic E-state index is 0.355. The van der Waals surface area contributed by atoms with Crippen LogP contribution in [-0.4, -0.2) is 6.29 Å². The summed E-state index contributed by atoms with van der Waals surface area (Å²) >= 11 is 0. The quantitative estimate of drug-likeness (QED) is 0.655. The normalized spacial score (nSPS) is 10.5. The van der Waals surface area contributed by atoms with Crippen molar-refractivity contribution in [3.8, 4) is 0 Å². The maximum atomic E-state index is 10.3. The lowest BCUT2D eigenvalue weighted by Crippen LogP contribution is -1.78. The minimum atomic E-state index is 0.355. The number of aldehydes is 1. The average Bonchev–Trinajstić information content (AvgIpc) is 2.49. The summed E-state index contributed by atoms with van der Waals surface area (Å²) in [5.74, 6) is 0.735. The SMILES string of the molecule is Cc1cccc2cc(CC=O)oc12. The molecule has 0 saturated heterocycles. The molecule has 0 bridgehead atoms. The molecule has 0 atom stereocenters. The van der Waals surface area contributed by atoms with Crippen molar-refractivity contribution in [3.63, 3.8) is 0 Å². The minimum Gasteiger partial charge on any atom is -0.460 e. The number of aryl methyl sites for hydroxylation is 1. The second kappa shape index (κ2) is 3.05. The van der Waals surface area contributed by atoms with Crippen LogP contribution < -0.4 is 0 Å². The lowest BCUT2D eigenvalue weighted by atomic mass is 10.2. The van der Waals surface area contributed by atoms with Crippen molar-refractivity contribution in [2.24, 2.45) is 0 Å². The molecule has 0 amide bonds. The topological polar surface area (TPSA) is 30.2 Å². The maximum Gasteiger partial charge on any atom is 0.137 e. The third-order valence-corrected chi connectivity index (χ3v) is 2.08. The van der Waals surface area contributed by atoms with Gasteiger partial charge in [-0.2, -0.15) is 0 Å². The van der Waals surface area contributed by atoms with Gasteiger partial charge in [-0.1, -0.05) is 18.2 Å². The fourth-order valence-electron chi connectivity index (χ4n) is 1.44. The number of carbonyl (C=O) groups excluding carboxylic acids is 1. The molecule has 0 N–H and O–H groups in total. The lowest BCUT2D eigenvalue weighted by molar-refractivity contribution is -0.107. The van der Waals surface area contributed by atoms with E-state index in [0.29, 0.717) is 6.42 Å². The Morgan fingerprint density at radius 1 is 1.46 bits per heavy atom. The average molecular weight is 174 g/mol. The highest BCUT2D eigenvalue weighted by Crippen LogP contribution is 2.22. The smallest absolute Gasteiger partial charge is 0.137 e. The molecule has 0 aliphatic carbocycles. The molecule has 0 aliphatic rings. The summed E-state index contributed by atoms with van der Waals surface area (Å²) in [5.41, 5.74) is 1.99. The number of fused-ring (bicyclic) bond motifs is 1. The van der Waals surface area contributed by atoms with Crippen molar-refractivity contribution in [1.82, 2.24) is 0 Å². The third-order valence-electron chi connectivity index (χ3n) is 2.08. The van der Waals surface area contributed by atoms with E-state index in [2.05, 4.69) is 0 Å². The number of para-hydroxylation sites is 1. The van der Waals surface area contributed by atoms with Gasteiger partial charge in [-0.3, -0.25) is 0 Å². The van der Waals surface area contributed by atoms with Crippen LogP contribution in [0.25, 0.3) is 11.0 Å². The van der Waals surface area contributed by atoms with Crippen molar-refractivity contribution < 1.29 is 9.21 Å². The van der Waals surface area contributed by atoms with Crippen LogP contribution in [-0.2, 0) is 11.2 Å². The Bertz CT molecular complexity index is 440. The summed E-state index contributed by atoms with van der Waals surface area (Å²) in [4.78, 5) is 10.3. The predicted molar refractivity (Wildman–Crippen MR) is 50.7 cm³/mol. The molecule has 0 unspecified atom stereocenters. The summed E-state index contributed by atoms with van der Waals surface area (Å²) in [6, 6.07) is 7.88. The van der Waals surface area contributed by atoms with E-state index in [9.17, 15) is 4.79 Å². The molecule has 1 heterocycles. The van der Waals surface area contributed by atoms with Crippen LogP contribution in [0.2, 0.25) is 0 Å². The highest BCUT2D eigenvalue weighted by molar-refractivity contribution is 5.81. The van der Waals surface area contributed by atoms with E-state index in [1.165, 1.54) is 0 Å². The van der Waals surface area contributed by atoms with Crippen LogP contribution in [0.15, 0.2) is 28.7 Å². The van der Waals surface area contributed by atoms with Gasteiger partial charge in [-0.15, -0.1) is 0 Å². The van der Waals surface area contributed by atoms with Crippen molar-refractivity contribution in [1.29, 1.82) is 0 Å². The Morgan fingerprint density at radius 3 is 3.00 bits per heavy atom. The summed E-state index contributed by atoms with van der Waals surface area (Å²) in [6.07, 6.45) is 1.21. The molecule has 0 saturated carbocycles. The fourth-order valence-corrected chi connectivity index (χ4v) is 1.44. The second-order valence-corrected chi connectivity index (χ2v) is 3.08. The van der Waals surface area contributed by atoms with Gasteiger partial charge in [0.1, 0.15) is 17.6 Å². The molecule has 13 heavy (non-hydrogen) atoms. The Labute approximate surface area is 76.2 Å².